The van der Waals surface area contributed by atoms with Crippen molar-refractivity contribution in [3.8, 4) is 0 Å². The predicted octanol–water partition coefficient (Wildman–Crippen LogP) is 0.807. The number of hydrogen-bond donors (Lipinski definition) is 2. The molecule has 6 nitrogen and oxygen atoms in total. The number of imide groups is 1. The van der Waals surface area contributed by atoms with E-state index in [1.807, 2.05) is 20.8 Å². The molecule has 2 atom stereocenters. The summed E-state index contributed by atoms with van der Waals surface area (Å²) < 4.78 is 0. The van der Waals surface area contributed by atoms with Crippen LogP contribution in [0.2, 0.25) is 0 Å². The summed E-state index contributed by atoms with van der Waals surface area (Å²) in [7, 11) is 0. The lowest BCUT2D eigenvalue weighted by molar-refractivity contribution is -0.141. The molecule has 0 radical (unpaired) electrons. The summed E-state index contributed by atoms with van der Waals surface area (Å²) in [5.41, 5.74) is 0. The highest BCUT2D eigenvalue weighted by atomic mass is 16.2. The Hall–Kier alpha value is -1.43. The molecule has 6 heteroatoms. The fourth-order valence-corrected chi connectivity index (χ4v) is 2.60. The topological polar surface area (TPSA) is 78.5 Å². The van der Waals surface area contributed by atoms with Gasteiger partial charge in [0.15, 0.2) is 0 Å². The van der Waals surface area contributed by atoms with E-state index in [1.165, 1.54) is 4.90 Å². The molecule has 1 rings (SSSR count). The van der Waals surface area contributed by atoms with Crippen LogP contribution in [0.15, 0.2) is 0 Å². The summed E-state index contributed by atoms with van der Waals surface area (Å²) in [6.07, 6.45) is 2.52. The quantitative estimate of drug-likeness (QED) is 0.650. The number of nitrogens with one attached hydrogen (secondary N) is 2. The van der Waals surface area contributed by atoms with Gasteiger partial charge in [0.1, 0.15) is 0 Å². The molecule has 1 aliphatic heterocycles. The molecule has 0 bridgehead atoms. The highest BCUT2D eigenvalue weighted by Gasteiger charge is 2.42. The molecule has 21 heavy (non-hydrogen) atoms. The SMILES string of the molecule is CCCNC(=O)C(C)NC1CC(=O)N(C(CC)CC)C1=O. The molecule has 1 heterocycles. The molecule has 120 valence electrons. The molecular formula is C15H27N3O3. The fraction of sp³-hybridized carbons (Fsp3) is 0.800. The summed E-state index contributed by atoms with van der Waals surface area (Å²) in [6, 6.07) is -1.11. The fourth-order valence-electron chi connectivity index (χ4n) is 2.60. The van der Waals surface area contributed by atoms with Gasteiger partial charge in [-0.15, -0.1) is 0 Å². The highest BCUT2D eigenvalue weighted by molar-refractivity contribution is 6.06. The third-order valence-corrected chi connectivity index (χ3v) is 3.88. The van der Waals surface area contributed by atoms with Crippen molar-refractivity contribution in [2.24, 2.45) is 0 Å². The van der Waals surface area contributed by atoms with Crippen LogP contribution < -0.4 is 10.6 Å². The average Bonchev–Trinajstić information content (AvgIpc) is 2.73. The molecule has 1 aliphatic rings. The van der Waals surface area contributed by atoms with Crippen molar-refractivity contribution >= 4 is 17.7 Å². The highest BCUT2D eigenvalue weighted by Crippen LogP contribution is 2.20. The molecule has 2 unspecified atom stereocenters. The van der Waals surface area contributed by atoms with Crippen molar-refractivity contribution in [2.45, 2.75) is 71.5 Å². The first kappa shape index (κ1) is 17.6. The minimum Gasteiger partial charge on any atom is -0.355 e. The normalized spacial score (nSPS) is 20.2. The van der Waals surface area contributed by atoms with Crippen molar-refractivity contribution in [1.29, 1.82) is 0 Å². The van der Waals surface area contributed by atoms with Crippen LogP contribution in [-0.2, 0) is 14.4 Å². The van der Waals surface area contributed by atoms with Gasteiger partial charge >= 0.3 is 0 Å². The minimum absolute atomic E-state index is 0.0407. The lowest BCUT2D eigenvalue weighted by Crippen LogP contribution is -2.50. The maximum atomic E-state index is 12.4. The molecule has 0 aliphatic carbocycles. The largest absolute Gasteiger partial charge is 0.355 e. The number of carbonyl (C=O) groups excluding carboxylic acids is 3. The summed E-state index contributed by atoms with van der Waals surface area (Å²) in [4.78, 5) is 37.6. The predicted molar refractivity (Wildman–Crippen MR) is 80.5 cm³/mol. The number of amides is 3. The smallest absolute Gasteiger partial charge is 0.247 e. The van der Waals surface area contributed by atoms with Gasteiger partial charge in [-0.2, -0.15) is 0 Å². The van der Waals surface area contributed by atoms with Crippen LogP contribution >= 0.6 is 0 Å². The first-order valence-corrected chi connectivity index (χ1v) is 7.85. The molecule has 1 fully saturated rings. The van der Waals surface area contributed by atoms with E-state index in [-0.39, 0.29) is 30.2 Å². The monoisotopic (exact) mass is 297 g/mol. The van der Waals surface area contributed by atoms with E-state index in [2.05, 4.69) is 10.6 Å². The van der Waals surface area contributed by atoms with Crippen LogP contribution in [0.25, 0.3) is 0 Å². The van der Waals surface area contributed by atoms with Crippen molar-refractivity contribution in [3.63, 3.8) is 0 Å². The Kier molecular flexibility index (Phi) is 6.81. The molecular weight excluding hydrogens is 270 g/mol. The Bertz CT molecular complexity index is 394. The first-order chi connectivity index (χ1) is 9.96. The van der Waals surface area contributed by atoms with Gasteiger partial charge in [0.25, 0.3) is 0 Å². The van der Waals surface area contributed by atoms with E-state index in [9.17, 15) is 14.4 Å². The van der Waals surface area contributed by atoms with E-state index in [1.54, 1.807) is 6.92 Å². The van der Waals surface area contributed by atoms with Crippen LogP contribution in [0.1, 0.15) is 53.4 Å². The van der Waals surface area contributed by atoms with E-state index in [0.29, 0.717) is 6.54 Å². The zero-order valence-electron chi connectivity index (χ0n) is 13.4. The van der Waals surface area contributed by atoms with Gasteiger partial charge in [-0.1, -0.05) is 20.8 Å². The summed E-state index contributed by atoms with van der Waals surface area (Å²) in [5, 5.41) is 5.75. The van der Waals surface area contributed by atoms with Gasteiger partial charge in [-0.25, -0.2) is 0 Å². The van der Waals surface area contributed by atoms with Crippen LogP contribution in [0.5, 0.6) is 0 Å². The third kappa shape index (κ3) is 4.27. The van der Waals surface area contributed by atoms with E-state index in [4.69, 9.17) is 0 Å². The molecule has 0 aromatic rings. The van der Waals surface area contributed by atoms with Gasteiger partial charge in [0.2, 0.25) is 17.7 Å². The lowest BCUT2D eigenvalue weighted by Gasteiger charge is -2.25. The number of rotatable bonds is 8. The summed E-state index contributed by atoms with van der Waals surface area (Å²) in [5.74, 6) is -0.491. The van der Waals surface area contributed by atoms with Gasteiger partial charge in [0, 0.05) is 12.6 Å². The molecule has 3 amide bonds. The average molecular weight is 297 g/mol. The van der Waals surface area contributed by atoms with Crippen molar-refractivity contribution < 1.29 is 14.4 Å². The second-order valence-corrected chi connectivity index (χ2v) is 5.51. The molecule has 0 aromatic heterocycles. The van der Waals surface area contributed by atoms with E-state index >= 15 is 0 Å². The van der Waals surface area contributed by atoms with Crippen LogP contribution in [-0.4, -0.2) is 47.3 Å². The number of likely N-dealkylation sites (tertiary alicyclic amines) is 1. The Morgan fingerprint density at radius 1 is 1.29 bits per heavy atom. The van der Waals surface area contributed by atoms with Crippen LogP contribution in [0.4, 0.5) is 0 Å². The molecule has 0 aromatic carbocycles. The zero-order chi connectivity index (χ0) is 16.0. The Balaban J connectivity index is 2.63. The molecule has 0 spiro atoms. The van der Waals surface area contributed by atoms with E-state index < -0.39 is 12.1 Å². The standard InChI is InChI=1S/C15H27N3O3/c1-5-8-16-14(20)10(4)17-12-9-13(19)18(15(12)21)11(6-2)7-3/h10-12,17H,5-9H2,1-4H3,(H,16,20). The van der Waals surface area contributed by atoms with Crippen LogP contribution in [0, 0.1) is 0 Å². The van der Waals surface area contributed by atoms with E-state index in [0.717, 1.165) is 19.3 Å². The maximum Gasteiger partial charge on any atom is 0.247 e. The first-order valence-electron chi connectivity index (χ1n) is 7.85. The van der Waals surface area contributed by atoms with Gasteiger partial charge in [-0.05, 0) is 26.2 Å². The van der Waals surface area contributed by atoms with Crippen molar-refractivity contribution in [1.82, 2.24) is 15.5 Å². The Morgan fingerprint density at radius 3 is 2.43 bits per heavy atom. The minimum atomic E-state index is -0.583. The maximum absolute atomic E-state index is 12.4. The zero-order valence-corrected chi connectivity index (χ0v) is 13.4. The Labute approximate surface area is 126 Å². The number of hydrogen-bond acceptors (Lipinski definition) is 4. The molecule has 0 saturated carbocycles. The van der Waals surface area contributed by atoms with Crippen molar-refractivity contribution in [3.05, 3.63) is 0 Å². The third-order valence-electron chi connectivity index (χ3n) is 3.88. The van der Waals surface area contributed by atoms with Gasteiger partial charge in [0.05, 0.1) is 18.5 Å². The molecule has 1 saturated heterocycles. The second kappa shape index (κ2) is 8.12. The second-order valence-electron chi connectivity index (χ2n) is 5.51. The Morgan fingerprint density at radius 2 is 1.90 bits per heavy atom. The van der Waals surface area contributed by atoms with Gasteiger partial charge < -0.3 is 5.32 Å². The summed E-state index contributed by atoms with van der Waals surface area (Å²) in [6.45, 7) is 8.24. The van der Waals surface area contributed by atoms with Gasteiger partial charge in [-0.3, -0.25) is 24.6 Å². The number of carbonyl (C=O) groups is 3. The lowest BCUT2D eigenvalue weighted by atomic mass is 10.1. The van der Waals surface area contributed by atoms with Crippen molar-refractivity contribution in [2.75, 3.05) is 6.54 Å². The number of nitrogens with zero attached hydrogens (tertiary/aromatic N) is 1. The molecule has 2 N–H and O–H groups in total. The van der Waals surface area contributed by atoms with Crippen LogP contribution in [0.3, 0.4) is 0 Å². The summed E-state index contributed by atoms with van der Waals surface area (Å²) >= 11 is 0.